The number of nitrogens with zero attached hydrogens (tertiary/aromatic N) is 2. The van der Waals surface area contributed by atoms with E-state index in [1.165, 1.54) is 30.4 Å². The van der Waals surface area contributed by atoms with Crippen LogP contribution in [0.4, 0.5) is 15.2 Å². The second-order valence-corrected chi connectivity index (χ2v) is 7.75. The maximum Gasteiger partial charge on any atom is 0.257 e. The van der Waals surface area contributed by atoms with Crippen molar-refractivity contribution in [1.82, 2.24) is 4.98 Å². The Kier molecular flexibility index (Phi) is 5.54. The Morgan fingerprint density at radius 1 is 1.00 bits per heavy atom. The first-order chi connectivity index (χ1) is 14.5. The lowest BCUT2D eigenvalue weighted by molar-refractivity contribution is -0.116. The van der Waals surface area contributed by atoms with Gasteiger partial charge in [-0.2, -0.15) is 0 Å². The minimum Gasteiger partial charge on any atom is -0.308 e. The number of amides is 2. The van der Waals surface area contributed by atoms with Crippen LogP contribution in [0.1, 0.15) is 22.8 Å². The number of nitrogens with one attached hydrogen (secondary N) is 1. The molecule has 0 fully saturated rings. The monoisotopic (exact) mass is 419 g/mol. The van der Waals surface area contributed by atoms with Crippen molar-refractivity contribution in [2.75, 3.05) is 10.2 Å². The van der Waals surface area contributed by atoms with E-state index in [9.17, 15) is 14.0 Å². The summed E-state index contributed by atoms with van der Waals surface area (Å²) in [6, 6.07) is 20.5. The molecule has 4 rings (SSSR count). The van der Waals surface area contributed by atoms with Crippen LogP contribution in [-0.4, -0.2) is 16.8 Å². The smallest absolute Gasteiger partial charge is 0.257 e. The molecule has 4 aromatic rings. The van der Waals surface area contributed by atoms with Gasteiger partial charge in [0.05, 0.1) is 16.8 Å². The third-order valence-electron chi connectivity index (χ3n) is 4.59. The van der Waals surface area contributed by atoms with Crippen LogP contribution in [0.15, 0.2) is 72.8 Å². The van der Waals surface area contributed by atoms with Crippen LogP contribution in [-0.2, 0) is 11.3 Å². The molecule has 0 atom stereocenters. The molecule has 5 nitrogen and oxygen atoms in total. The molecular weight excluding hydrogens is 401 g/mol. The second-order valence-electron chi connectivity index (χ2n) is 6.72. The molecule has 30 heavy (non-hydrogen) atoms. The number of rotatable bonds is 5. The zero-order valence-corrected chi connectivity index (χ0v) is 16.9. The molecule has 0 bridgehead atoms. The minimum atomic E-state index is -0.323. The topological polar surface area (TPSA) is 62.3 Å². The summed E-state index contributed by atoms with van der Waals surface area (Å²) in [5.74, 6) is -0.740. The Bertz CT molecular complexity index is 1170. The van der Waals surface area contributed by atoms with Gasteiger partial charge in [-0.1, -0.05) is 35.6 Å². The van der Waals surface area contributed by atoms with Crippen LogP contribution < -0.4 is 10.2 Å². The van der Waals surface area contributed by atoms with Gasteiger partial charge in [0.1, 0.15) is 5.82 Å². The van der Waals surface area contributed by atoms with Crippen LogP contribution in [0.25, 0.3) is 10.2 Å². The Labute approximate surface area is 176 Å². The molecule has 1 heterocycles. The van der Waals surface area contributed by atoms with E-state index in [-0.39, 0.29) is 17.6 Å². The molecule has 0 spiro atoms. The van der Waals surface area contributed by atoms with E-state index in [1.807, 2.05) is 24.3 Å². The van der Waals surface area contributed by atoms with Crippen LogP contribution in [0, 0.1) is 5.82 Å². The Morgan fingerprint density at radius 3 is 2.37 bits per heavy atom. The number of thiazole rings is 1. The highest BCUT2D eigenvalue weighted by atomic mass is 32.1. The molecule has 0 aliphatic rings. The van der Waals surface area contributed by atoms with E-state index in [0.29, 0.717) is 22.9 Å². The van der Waals surface area contributed by atoms with Gasteiger partial charge in [0.25, 0.3) is 5.91 Å². The van der Waals surface area contributed by atoms with E-state index in [2.05, 4.69) is 10.3 Å². The van der Waals surface area contributed by atoms with Crippen LogP contribution in [0.2, 0.25) is 0 Å². The van der Waals surface area contributed by atoms with E-state index >= 15 is 0 Å². The molecule has 0 saturated carbocycles. The van der Waals surface area contributed by atoms with Crippen molar-refractivity contribution in [3.63, 3.8) is 0 Å². The van der Waals surface area contributed by atoms with E-state index in [4.69, 9.17) is 0 Å². The molecule has 3 aromatic carbocycles. The number of fused-ring (bicyclic) bond motifs is 1. The van der Waals surface area contributed by atoms with Gasteiger partial charge in [0, 0.05) is 18.2 Å². The predicted octanol–water partition coefficient (Wildman–Crippen LogP) is 5.24. The van der Waals surface area contributed by atoms with Crippen molar-refractivity contribution in [3.05, 3.63) is 89.7 Å². The number of halogens is 1. The second kappa shape index (κ2) is 8.42. The van der Waals surface area contributed by atoms with Gasteiger partial charge in [-0.05, 0) is 54.1 Å². The molecule has 1 N–H and O–H groups in total. The van der Waals surface area contributed by atoms with Crippen molar-refractivity contribution in [2.45, 2.75) is 13.5 Å². The lowest BCUT2D eigenvalue weighted by Gasteiger charge is -2.21. The normalized spacial score (nSPS) is 10.7. The van der Waals surface area contributed by atoms with E-state index < -0.39 is 0 Å². The number of carbonyl (C=O) groups is 2. The molecule has 2 amide bonds. The van der Waals surface area contributed by atoms with Gasteiger partial charge in [0.2, 0.25) is 5.91 Å². The number of hydrogen-bond acceptors (Lipinski definition) is 4. The number of aromatic nitrogens is 1. The highest BCUT2D eigenvalue weighted by Crippen LogP contribution is 2.26. The van der Waals surface area contributed by atoms with Crippen LogP contribution >= 0.6 is 11.3 Å². The summed E-state index contributed by atoms with van der Waals surface area (Å²) in [6.07, 6.45) is 0. The zero-order chi connectivity index (χ0) is 21.1. The molecule has 0 saturated heterocycles. The number of benzene rings is 3. The summed E-state index contributed by atoms with van der Waals surface area (Å²) in [5, 5.41) is 3.35. The molecule has 0 aliphatic carbocycles. The minimum absolute atomic E-state index is 0.147. The molecule has 0 radical (unpaired) electrons. The summed E-state index contributed by atoms with van der Waals surface area (Å²) in [5.41, 5.74) is 2.77. The van der Waals surface area contributed by atoms with Crippen molar-refractivity contribution in [3.8, 4) is 0 Å². The summed E-state index contributed by atoms with van der Waals surface area (Å²) < 4.78 is 14.1. The number of hydrogen-bond donors (Lipinski definition) is 1. The van der Waals surface area contributed by atoms with Crippen molar-refractivity contribution in [2.24, 2.45) is 0 Å². The number of para-hydroxylation sites is 1. The Morgan fingerprint density at radius 2 is 1.70 bits per heavy atom. The zero-order valence-electron chi connectivity index (χ0n) is 16.1. The van der Waals surface area contributed by atoms with Gasteiger partial charge >= 0.3 is 0 Å². The first-order valence-electron chi connectivity index (χ1n) is 9.29. The summed E-state index contributed by atoms with van der Waals surface area (Å²) in [6.45, 7) is 1.78. The van der Waals surface area contributed by atoms with Crippen molar-refractivity contribution < 1.29 is 14.0 Å². The molecular formula is C23H18FN3O2S. The lowest BCUT2D eigenvalue weighted by atomic mass is 10.1. The SMILES string of the molecule is CC(=O)N(Cc1ccc(F)cc1)c1ccc(C(=O)Nc2nc3ccccc3s2)cc1. The van der Waals surface area contributed by atoms with Crippen molar-refractivity contribution in [1.29, 1.82) is 0 Å². The van der Waals surface area contributed by atoms with Gasteiger partial charge in [0.15, 0.2) is 5.13 Å². The van der Waals surface area contributed by atoms with Crippen LogP contribution in [0.3, 0.4) is 0 Å². The van der Waals surface area contributed by atoms with Crippen LogP contribution in [0.5, 0.6) is 0 Å². The molecule has 0 aliphatic heterocycles. The average Bonchev–Trinajstić information content (AvgIpc) is 3.15. The van der Waals surface area contributed by atoms with E-state index in [1.54, 1.807) is 41.3 Å². The molecule has 7 heteroatoms. The fourth-order valence-electron chi connectivity index (χ4n) is 3.04. The average molecular weight is 419 g/mol. The fraction of sp³-hybridized carbons (Fsp3) is 0.0870. The van der Waals surface area contributed by atoms with Gasteiger partial charge in [-0.15, -0.1) is 0 Å². The maximum absolute atomic E-state index is 13.1. The lowest BCUT2D eigenvalue weighted by Crippen LogP contribution is -2.27. The number of anilines is 2. The van der Waals surface area contributed by atoms with Crippen molar-refractivity contribution >= 4 is 44.2 Å². The number of carbonyl (C=O) groups excluding carboxylic acids is 2. The highest BCUT2D eigenvalue weighted by Gasteiger charge is 2.14. The fourth-order valence-corrected chi connectivity index (χ4v) is 3.91. The summed E-state index contributed by atoms with van der Waals surface area (Å²) in [4.78, 5) is 30.7. The first kappa shape index (κ1) is 19.7. The largest absolute Gasteiger partial charge is 0.308 e. The highest BCUT2D eigenvalue weighted by molar-refractivity contribution is 7.22. The molecule has 0 unspecified atom stereocenters. The van der Waals surface area contributed by atoms with E-state index in [0.717, 1.165) is 15.8 Å². The predicted molar refractivity (Wildman–Crippen MR) is 117 cm³/mol. The van der Waals surface area contributed by atoms with Gasteiger partial charge < -0.3 is 4.90 Å². The molecule has 150 valence electrons. The third kappa shape index (κ3) is 4.36. The van der Waals surface area contributed by atoms with Gasteiger partial charge in [-0.25, -0.2) is 9.37 Å². The Hall–Kier alpha value is -3.58. The quantitative estimate of drug-likeness (QED) is 0.481. The molecule has 1 aromatic heterocycles. The maximum atomic E-state index is 13.1. The van der Waals surface area contributed by atoms with Gasteiger partial charge in [-0.3, -0.25) is 14.9 Å². The Balaban J connectivity index is 1.49. The third-order valence-corrected chi connectivity index (χ3v) is 5.54. The summed E-state index contributed by atoms with van der Waals surface area (Å²) >= 11 is 1.41. The standard InChI is InChI=1S/C23H18FN3O2S/c1-15(28)27(14-16-6-10-18(24)11-7-16)19-12-8-17(9-13-19)22(29)26-23-25-20-4-2-3-5-21(20)30-23/h2-13H,14H2,1H3,(H,25,26,29). The summed E-state index contributed by atoms with van der Waals surface area (Å²) in [7, 11) is 0. The first-order valence-corrected chi connectivity index (χ1v) is 10.1.